The molecule has 1 fully saturated rings. The molecule has 0 spiro atoms. The normalized spacial score (nSPS) is 14.5. The van der Waals surface area contributed by atoms with Crippen LogP contribution in [0.4, 0.5) is 17.1 Å². The van der Waals surface area contributed by atoms with Crippen molar-refractivity contribution in [1.29, 1.82) is 0 Å². The monoisotopic (exact) mass is 351 g/mol. The largest absolute Gasteiger partial charge is 0.378 e. The van der Waals surface area contributed by atoms with E-state index in [1.807, 2.05) is 75.3 Å². The molecular weight excluding hydrogens is 326 g/mol. The molecule has 0 aromatic heterocycles. The predicted octanol–water partition coefficient (Wildman–Crippen LogP) is 3.73. The van der Waals surface area contributed by atoms with Crippen LogP contribution < -0.4 is 15.5 Å². The first-order valence-corrected chi connectivity index (χ1v) is 8.80. The van der Waals surface area contributed by atoms with Gasteiger partial charge in [0.05, 0.1) is 0 Å². The average molecular weight is 351 g/mol. The summed E-state index contributed by atoms with van der Waals surface area (Å²) < 4.78 is 0. The van der Waals surface area contributed by atoms with Gasteiger partial charge in [-0.15, -0.1) is 0 Å². The molecule has 1 saturated carbocycles. The third-order valence-corrected chi connectivity index (χ3v) is 5.11. The highest BCUT2D eigenvalue weighted by Gasteiger charge is 2.56. The van der Waals surface area contributed by atoms with E-state index in [1.165, 1.54) is 0 Å². The van der Waals surface area contributed by atoms with Crippen LogP contribution in [-0.2, 0) is 9.59 Å². The van der Waals surface area contributed by atoms with Crippen LogP contribution >= 0.6 is 0 Å². The molecule has 0 atom stereocenters. The number of anilines is 3. The molecule has 0 radical (unpaired) electrons. The third-order valence-electron chi connectivity index (χ3n) is 5.11. The molecule has 0 saturated heterocycles. The van der Waals surface area contributed by atoms with Crippen molar-refractivity contribution in [3.63, 3.8) is 0 Å². The number of carbonyl (C=O) groups is 2. The summed E-state index contributed by atoms with van der Waals surface area (Å²) in [4.78, 5) is 27.5. The minimum Gasteiger partial charge on any atom is -0.378 e. The molecule has 0 unspecified atom stereocenters. The second-order valence-corrected chi connectivity index (χ2v) is 7.18. The van der Waals surface area contributed by atoms with Gasteiger partial charge in [-0.25, -0.2) is 0 Å². The number of rotatable bonds is 5. The minimum atomic E-state index is -0.962. The summed E-state index contributed by atoms with van der Waals surface area (Å²) in [6, 6.07) is 13.4. The van der Waals surface area contributed by atoms with Crippen molar-refractivity contribution in [2.24, 2.45) is 5.41 Å². The summed E-state index contributed by atoms with van der Waals surface area (Å²) in [6.07, 6.45) is 1.15. The maximum atomic E-state index is 12.8. The van der Waals surface area contributed by atoms with Crippen molar-refractivity contribution >= 4 is 28.9 Å². The molecular formula is C21H25N3O2. The van der Waals surface area contributed by atoms with Gasteiger partial charge in [0.15, 0.2) is 0 Å². The van der Waals surface area contributed by atoms with E-state index in [0.717, 1.165) is 22.5 Å². The van der Waals surface area contributed by atoms with Crippen molar-refractivity contribution in [3.8, 4) is 0 Å². The van der Waals surface area contributed by atoms with Gasteiger partial charge in [0.2, 0.25) is 11.8 Å². The molecule has 2 aromatic rings. The molecule has 2 amide bonds. The Balaban J connectivity index is 1.70. The Labute approximate surface area is 154 Å². The van der Waals surface area contributed by atoms with Gasteiger partial charge >= 0.3 is 0 Å². The van der Waals surface area contributed by atoms with Crippen molar-refractivity contribution in [2.75, 3.05) is 29.6 Å². The predicted molar refractivity (Wildman–Crippen MR) is 106 cm³/mol. The fourth-order valence-corrected chi connectivity index (χ4v) is 2.90. The number of nitrogens with one attached hydrogen (secondary N) is 2. The summed E-state index contributed by atoms with van der Waals surface area (Å²) in [5.41, 5.74) is 3.69. The van der Waals surface area contributed by atoms with Crippen LogP contribution in [0.1, 0.15) is 24.0 Å². The van der Waals surface area contributed by atoms with E-state index in [1.54, 1.807) is 0 Å². The number of amides is 2. The Bertz CT molecular complexity index is 837. The number of benzene rings is 2. The molecule has 5 heteroatoms. The van der Waals surface area contributed by atoms with Gasteiger partial charge in [-0.3, -0.25) is 9.59 Å². The molecule has 1 aliphatic carbocycles. The SMILES string of the molecule is Cc1cccc(NC(=O)C2(C(=O)Nc3ccc(N(C)C)cc3)CC2)c1C. The second kappa shape index (κ2) is 6.83. The summed E-state index contributed by atoms with van der Waals surface area (Å²) >= 11 is 0. The standard InChI is InChI=1S/C21H25N3O2/c1-14-6-5-7-18(15(14)2)23-20(26)21(12-13-21)19(25)22-16-8-10-17(11-9-16)24(3)4/h5-11H,12-13H2,1-4H3,(H,22,25)(H,23,26). The number of aryl methyl sites for hydroxylation is 1. The molecule has 3 rings (SSSR count). The number of hydrogen-bond donors (Lipinski definition) is 2. The van der Waals surface area contributed by atoms with Gasteiger partial charge in [-0.2, -0.15) is 0 Å². The first kappa shape index (κ1) is 18.0. The minimum absolute atomic E-state index is 0.228. The van der Waals surface area contributed by atoms with E-state index in [2.05, 4.69) is 10.6 Å². The Kier molecular flexibility index (Phi) is 4.72. The average Bonchev–Trinajstić information content (AvgIpc) is 3.41. The molecule has 136 valence electrons. The van der Waals surface area contributed by atoms with E-state index in [0.29, 0.717) is 18.5 Å². The second-order valence-electron chi connectivity index (χ2n) is 7.18. The highest BCUT2D eigenvalue weighted by atomic mass is 16.2. The molecule has 0 aliphatic heterocycles. The maximum Gasteiger partial charge on any atom is 0.240 e. The zero-order chi connectivity index (χ0) is 18.9. The number of carbonyl (C=O) groups excluding carboxylic acids is 2. The highest BCUT2D eigenvalue weighted by molar-refractivity contribution is 6.17. The molecule has 0 heterocycles. The smallest absolute Gasteiger partial charge is 0.240 e. The van der Waals surface area contributed by atoms with Crippen LogP contribution in [0.25, 0.3) is 0 Å². The van der Waals surface area contributed by atoms with Crippen LogP contribution in [0.3, 0.4) is 0 Å². The van der Waals surface area contributed by atoms with E-state index < -0.39 is 5.41 Å². The van der Waals surface area contributed by atoms with Crippen LogP contribution in [0.2, 0.25) is 0 Å². The van der Waals surface area contributed by atoms with Crippen LogP contribution in [-0.4, -0.2) is 25.9 Å². The zero-order valence-electron chi connectivity index (χ0n) is 15.7. The first-order valence-electron chi connectivity index (χ1n) is 8.80. The Morgan fingerprint density at radius 3 is 2.12 bits per heavy atom. The van der Waals surface area contributed by atoms with E-state index >= 15 is 0 Å². The summed E-state index contributed by atoms with van der Waals surface area (Å²) in [5, 5.41) is 5.82. The molecule has 5 nitrogen and oxygen atoms in total. The van der Waals surface area contributed by atoms with Crippen molar-refractivity contribution < 1.29 is 9.59 Å². The lowest BCUT2D eigenvalue weighted by molar-refractivity contribution is -0.131. The third kappa shape index (κ3) is 3.43. The van der Waals surface area contributed by atoms with Gasteiger partial charge in [0, 0.05) is 31.2 Å². The van der Waals surface area contributed by atoms with Gasteiger partial charge < -0.3 is 15.5 Å². The van der Waals surface area contributed by atoms with Gasteiger partial charge in [0.25, 0.3) is 0 Å². The van der Waals surface area contributed by atoms with Gasteiger partial charge in [-0.1, -0.05) is 12.1 Å². The fraction of sp³-hybridized carbons (Fsp3) is 0.333. The Hall–Kier alpha value is -2.82. The highest BCUT2D eigenvalue weighted by Crippen LogP contribution is 2.47. The molecule has 2 aromatic carbocycles. The number of hydrogen-bond acceptors (Lipinski definition) is 3. The molecule has 26 heavy (non-hydrogen) atoms. The van der Waals surface area contributed by atoms with Crippen LogP contribution in [0.5, 0.6) is 0 Å². The van der Waals surface area contributed by atoms with Crippen molar-refractivity contribution in [1.82, 2.24) is 0 Å². The van der Waals surface area contributed by atoms with E-state index in [4.69, 9.17) is 0 Å². The van der Waals surface area contributed by atoms with Crippen LogP contribution in [0.15, 0.2) is 42.5 Å². The summed E-state index contributed by atoms with van der Waals surface area (Å²) in [6.45, 7) is 3.97. The Morgan fingerprint density at radius 1 is 0.923 bits per heavy atom. The lowest BCUT2D eigenvalue weighted by Crippen LogP contribution is -2.35. The summed E-state index contributed by atoms with van der Waals surface area (Å²) in [5.74, 6) is -0.466. The lowest BCUT2D eigenvalue weighted by Gasteiger charge is -2.18. The van der Waals surface area contributed by atoms with Gasteiger partial charge in [-0.05, 0) is 68.1 Å². The Morgan fingerprint density at radius 2 is 1.54 bits per heavy atom. The quantitative estimate of drug-likeness (QED) is 0.807. The maximum absolute atomic E-state index is 12.8. The topological polar surface area (TPSA) is 61.4 Å². The molecule has 0 bridgehead atoms. The van der Waals surface area contributed by atoms with Gasteiger partial charge in [0.1, 0.15) is 5.41 Å². The first-order chi connectivity index (χ1) is 12.3. The number of nitrogens with zero attached hydrogens (tertiary/aromatic N) is 1. The van der Waals surface area contributed by atoms with Crippen molar-refractivity contribution in [2.45, 2.75) is 26.7 Å². The molecule has 1 aliphatic rings. The summed E-state index contributed by atoms with van der Waals surface area (Å²) in [7, 11) is 3.93. The zero-order valence-corrected chi connectivity index (χ0v) is 15.7. The van der Waals surface area contributed by atoms with Crippen LogP contribution in [0, 0.1) is 19.3 Å². The van der Waals surface area contributed by atoms with E-state index in [-0.39, 0.29) is 11.8 Å². The molecule has 2 N–H and O–H groups in total. The van der Waals surface area contributed by atoms with Crippen molar-refractivity contribution in [3.05, 3.63) is 53.6 Å². The fourth-order valence-electron chi connectivity index (χ4n) is 2.90. The van der Waals surface area contributed by atoms with E-state index in [9.17, 15) is 9.59 Å². The lowest BCUT2D eigenvalue weighted by atomic mass is 10.0.